The zero-order valence-corrected chi connectivity index (χ0v) is 13.1. The lowest BCUT2D eigenvalue weighted by Gasteiger charge is -2.05. The minimum atomic E-state index is -3.16. The Morgan fingerprint density at radius 1 is 1.24 bits per heavy atom. The molecule has 1 aromatic carbocycles. The quantitative estimate of drug-likeness (QED) is 0.883. The molecule has 0 saturated heterocycles. The molecule has 0 saturated carbocycles. The molecular weight excluding hydrogens is 290 g/mol. The number of sulfone groups is 1. The average molecular weight is 309 g/mol. The van der Waals surface area contributed by atoms with E-state index in [1.54, 1.807) is 31.2 Å². The molecule has 0 aliphatic rings. The van der Waals surface area contributed by atoms with Gasteiger partial charge in [-0.3, -0.25) is 0 Å². The van der Waals surface area contributed by atoms with Crippen LogP contribution in [-0.4, -0.2) is 24.3 Å². The molecule has 0 spiro atoms. The number of benzene rings is 1. The fourth-order valence-electron chi connectivity index (χ4n) is 1.70. The summed E-state index contributed by atoms with van der Waals surface area (Å²) in [4.78, 5) is 4.59. The summed E-state index contributed by atoms with van der Waals surface area (Å²) in [6.45, 7) is 6.02. The Balaban J connectivity index is 2.00. The van der Waals surface area contributed by atoms with Crippen LogP contribution >= 0.6 is 0 Å². The smallest absolute Gasteiger partial charge is 0.245 e. The number of hydrogen-bond acceptors (Lipinski definition) is 6. The number of nitrogens with zero attached hydrogens (tertiary/aromatic N) is 2. The van der Waals surface area contributed by atoms with Crippen LogP contribution in [0, 0.1) is 0 Å². The fourth-order valence-corrected chi connectivity index (χ4v) is 2.58. The van der Waals surface area contributed by atoms with Gasteiger partial charge >= 0.3 is 0 Å². The molecular formula is C14H19N3O3S. The highest BCUT2D eigenvalue weighted by Gasteiger charge is 2.11. The van der Waals surface area contributed by atoms with Crippen molar-refractivity contribution >= 4 is 15.5 Å². The van der Waals surface area contributed by atoms with Crippen molar-refractivity contribution in [2.75, 3.05) is 11.1 Å². The first-order valence-electron chi connectivity index (χ1n) is 6.81. The summed E-state index contributed by atoms with van der Waals surface area (Å²) in [6.07, 6.45) is 0. The van der Waals surface area contributed by atoms with E-state index >= 15 is 0 Å². The van der Waals surface area contributed by atoms with E-state index in [0.717, 1.165) is 5.69 Å². The Kier molecular flexibility index (Phi) is 4.62. The molecule has 21 heavy (non-hydrogen) atoms. The highest BCUT2D eigenvalue weighted by Crippen LogP contribution is 2.16. The van der Waals surface area contributed by atoms with Crippen molar-refractivity contribution in [3.05, 3.63) is 36.0 Å². The van der Waals surface area contributed by atoms with Crippen LogP contribution in [0.2, 0.25) is 0 Å². The van der Waals surface area contributed by atoms with E-state index in [2.05, 4.69) is 15.5 Å². The van der Waals surface area contributed by atoms with Gasteiger partial charge in [0, 0.05) is 11.6 Å². The van der Waals surface area contributed by atoms with Crippen molar-refractivity contribution in [2.24, 2.45) is 0 Å². The average Bonchev–Trinajstić information content (AvgIpc) is 2.95. The fraction of sp³-hybridized carbons (Fsp3) is 0.429. The molecule has 0 bridgehead atoms. The Morgan fingerprint density at radius 2 is 1.90 bits per heavy atom. The standard InChI is InChI=1S/C14H19N3O3S/c1-4-21(18,19)12-7-5-11(6-8-12)15-9-13-16-14(10(2)3)17-20-13/h5-8,10,15H,4,9H2,1-3H3. The van der Waals surface area contributed by atoms with Crippen LogP contribution < -0.4 is 5.32 Å². The van der Waals surface area contributed by atoms with E-state index < -0.39 is 9.84 Å². The van der Waals surface area contributed by atoms with Crippen molar-refractivity contribution in [1.29, 1.82) is 0 Å². The maximum atomic E-state index is 11.7. The summed E-state index contributed by atoms with van der Waals surface area (Å²) in [5.41, 5.74) is 0.800. The molecule has 0 atom stereocenters. The topological polar surface area (TPSA) is 85.1 Å². The highest BCUT2D eigenvalue weighted by atomic mass is 32.2. The molecule has 0 radical (unpaired) electrons. The molecule has 7 heteroatoms. The van der Waals surface area contributed by atoms with Gasteiger partial charge in [-0.15, -0.1) is 0 Å². The van der Waals surface area contributed by atoms with Crippen molar-refractivity contribution in [3.63, 3.8) is 0 Å². The van der Waals surface area contributed by atoms with E-state index in [-0.39, 0.29) is 11.7 Å². The SMILES string of the molecule is CCS(=O)(=O)c1ccc(NCc2nc(C(C)C)no2)cc1. The maximum Gasteiger partial charge on any atom is 0.245 e. The summed E-state index contributed by atoms with van der Waals surface area (Å²) in [6, 6.07) is 6.63. The summed E-state index contributed by atoms with van der Waals surface area (Å²) < 4.78 is 28.5. The summed E-state index contributed by atoms with van der Waals surface area (Å²) in [7, 11) is -3.16. The van der Waals surface area contributed by atoms with Crippen LogP contribution in [0.5, 0.6) is 0 Å². The van der Waals surface area contributed by atoms with Gasteiger partial charge in [0.2, 0.25) is 5.89 Å². The number of aromatic nitrogens is 2. The first kappa shape index (κ1) is 15.5. The lowest BCUT2D eigenvalue weighted by atomic mass is 10.2. The molecule has 0 amide bonds. The van der Waals surface area contributed by atoms with E-state index in [1.165, 1.54) is 0 Å². The first-order valence-corrected chi connectivity index (χ1v) is 8.46. The third kappa shape index (κ3) is 3.81. The van der Waals surface area contributed by atoms with Gasteiger partial charge in [-0.1, -0.05) is 25.9 Å². The van der Waals surface area contributed by atoms with Crippen LogP contribution in [0.15, 0.2) is 33.7 Å². The second-order valence-electron chi connectivity index (χ2n) is 4.98. The van der Waals surface area contributed by atoms with E-state index in [1.807, 2.05) is 13.8 Å². The zero-order chi connectivity index (χ0) is 15.5. The van der Waals surface area contributed by atoms with Gasteiger partial charge < -0.3 is 9.84 Å². The van der Waals surface area contributed by atoms with Gasteiger partial charge in [0.25, 0.3) is 0 Å². The maximum absolute atomic E-state index is 11.7. The van der Waals surface area contributed by atoms with Gasteiger partial charge in [-0.2, -0.15) is 4.98 Å². The van der Waals surface area contributed by atoms with Gasteiger partial charge in [-0.05, 0) is 24.3 Å². The molecule has 1 aromatic heterocycles. The van der Waals surface area contributed by atoms with Crippen molar-refractivity contribution in [2.45, 2.75) is 38.1 Å². The van der Waals surface area contributed by atoms with Crippen LogP contribution in [-0.2, 0) is 16.4 Å². The van der Waals surface area contributed by atoms with E-state index in [0.29, 0.717) is 23.2 Å². The largest absolute Gasteiger partial charge is 0.376 e. The molecule has 0 fully saturated rings. The second-order valence-corrected chi connectivity index (χ2v) is 7.26. The van der Waals surface area contributed by atoms with Gasteiger partial charge in [-0.25, -0.2) is 8.42 Å². The van der Waals surface area contributed by atoms with Gasteiger partial charge in [0.05, 0.1) is 17.2 Å². The Hall–Kier alpha value is -1.89. The minimum absolute atomic E-state index is 0.0970. The van der Waals surface area contributed by atoms with Crippen LogP contribution in [0.3, 0.4) is 0 Å². The number of rotatable bonds is 6. The van der Waals surface area contributed by atoms with Crippen molar-refractivity contribution in [1.82, 2.24) is 10.1 Å². The van der Waals surface area contributed by atoms with Crippen LogP contribution in [0.1, 0.15) is 38.4 Å². The molecule has 2 rings (SSSR count). The van der Waals surface area contributed by atoms with E-state index in [4.69, 9.17) is 4.52 Å². The molecule has 2 aromatic rings. The van der Waals surface area contributed by atoms with Gasteiger partial charge in [0.1, 0.15) is 0 Å². The molecule has 0 aliphatic heterocycles. The number of anilines is 1. The van der Waals surface area contributed by atoms with E-state index in [9.17, 15) is 8.42 Å². The Morgan fingerprint density at radius 3 is 2.43 bits per heavy atom. The first-order chi connectivity index (χ1) is 9.92. The molecule has 114 valence electrons. The lowest BCUT2D eigenvalue weighted by Crippen LogP contribution is -2.04. The third-order valence-corrected chi connectivity index (χ3v) is 4.79. The molecule has 0 aliphatic carbocycles. The second kappa shape index (κ2) is 6.26. The Bertz CT molecular complexity index is 691. The Labute approximate surface area is 124 Å². The monoisotopic (exact) mass is 309 g/mol. The summed E-state index contributed by atoms with van der Waals surface area (Å²) in [5.74, 6) is 1.50. The third-order valence-electron chi connectivity index (χ3n) is 3.04. The van der Waals surface area contributed by atoms with Crippen LogP contribution in [0.4, 0.5) is 5.69 Å². The minimum Gasteiger partial charge on any atom is -0.376 e. The van der Waals surface area contributed by atoms with Crippen LogP contribution in [0.25, 0.3) is 0 Å². The summed E-state index contributed by atoms with van der Waals surface area (Å²) >= 11 is 0. The predicted octanol–water partition coefficient (Wildman–Crippen LogP) is 2.60. The molecule has 1 heterocycles. The molecule has 1 N–H and O–H groups in total. The highest BCUT2D eigenvalue weighted by molar-refractivity contribution is 7.91. The molecule has 0 unspecified atom stereocenters. The number of hydrogen-bond donors (Lipinski definition) is 1. The zero-order valence-electron chi connectivity index (χ0n) is 12.3. The molecule has 6 nitrogen and oxygen atoms in total. The lowest BCUT2D eigenvalue weighted by molar-refractivity contribution is 0.376. The predicted molar refractivity (Wildman–Crippen MR) is 79.9 cm³/mol. The van der Waals surface area contributed by atoms with Gasteiger partial charge in [0.15, 0.2) is 15.7 Å². The number of nitrogens with one attached hydrogen (secondary N) is 1. The summed E-state index contributed by atoms with van der Waals surface area (Å²) in [5, 5.41) is 7.00. The van der Waals surface area contributed by atoms with Crippen molar-refractivity contribution in [3.8, 4) is 0 Å². The van der Waals surface area contributed by atoms with Crippen molar-refractivity contribution < 1.29 is 12.9 Å². The normalized spacial score (nSPS) is 11.8.